The van der Waals surface area contributed by atoms with Gasteiger partial charge in [-0.05, 0) is 30.3 Å². The second-order valence-electron chi connectivity index (χ2n) is 5.79. The van der Waals surface area contributed by atoms with E-state index in [9.17, 15) is 32.5 Å². The third-order valence-electron chi connectivity index (χ3n) is 3.80. The number of amides is 1. The third kappa shape index (κ3) is 5.73. The number of nitrogens with zero attached hydrogens (tertiary/aromatic N) is 2. The van der Waals surface area contributed by atoms with Gasteiger partial charge in [0.2, 0.25) is 5.82 Å². The number of hydrogen-bond acceptors (Lipinski definition) is 8. The van der Waals surface area contributed by atoms with E-state index in [0.29, 0.717) is 4.47 Å². The summed E-state index contributed by atoms with van der Waals surface area (Å²) < 4.78 is 43.4. The van der Waals surface area contributed by atoms with Crippen molar-refractivity contribution in [2.45, 2.75) is 4.90 Å². The SMILES string of the molecule is CON(C)S(=O)(=O)c1cc(C(=O)OCC(=O)Nc2ccc(F)c([N+](=O)[O-])c2)ccc1Cl. The monoisotopic (exact) mass is 475 g/mol. The first-order chi connectivity index (χ1) is 14.5. The normalized spacial score (nSPS) is 11.3. The Bertz CT molecular complexity index is 1140. The van der Waals surface area contributed by atoms with Crippen LogP contribution in [0.15, 0.2) is 41.3 Å². The molecule has 1 amide bonds. The van der Waals surface area contributed by atoms with E-state index in [0.717, 1.165) is 44.5 Å². The number of ether oxygens (including phenoxy) is 1. The molecule has 0 bridgehead atoms. The maximum Gasteiger partial charge on any atom is 0.338 e. The van der Waals surface area contributed by atoms with Crippen LogP contribution in [-0.2, 0) is 24.4 Å². The van der Waals surface area contributed by atoms with Crippen LogP contribution in [0, 0.1) is 15.9 Å². The Morgan fingerprint density at radius 1 is 1.26 bits per heavy atom. The summed E-state index contributed by atoms with van der Waals surface area (Å²) in [6.07, 6.45) is 0. The zero-order chi connectivity index (χ0) is 23.3. The summed E-state index contributed by atoms with van der Waals surface area (Å²) in [6, 6.07) is 6.00. The molecule has 0 fully saturated rings. The Hall–Kier alpha value is -3.13. The second-order valence-corrected chi connectivity index (χ2v) is 8.10. The number of sulfonamides is 1. The summed E-state index contributed by atoms with van der Waals surface area (Å²) >= 11 is 5.90. The lowest BCUT2D eigenvalue weighted by Crippen LogP contribution is -2.26. The first-order valence-electron chi connectivity index (χ1n) is 8.21. The number of esters is 1. The van der Waals surface area contributed by atoms with Gasteiger partial charge in [0.25, 0.3) is 15.9 Å². The third-order valence-corrected chi connectivity index (χ3v) is 5.96. The zero-order valence-corrected chi connectivity index (χ0v) is 17.6. The quantitative estimate of drug-likeness (QED) is 0.348. The Morgan fingerprint density at radius 2 is 1.94 bits per heavy atom. The molecule has 0 aliphatic heterocycles. The summed E-state index contributed by atoms with van der Waals surface area (Å²) in [7, 11) is -1.91. The predicted molar refractivity (Wildman–Crippen MR) is 105 cm³/mol. The van der Waals surface area contributed by atoms with Crippen molar-refractivity contribution in [3.63, 3.8) is 0 Å². The number of hydrogen-bond donors (Lipinski definition) is 1. The van der Waals surface area contributed by atoms with Crippen molar-refractivity contribution in [3.8, 4) is 0 Å². The molecule has 11 nitrogen and oxygen atoms in total. The molecule has 0 heterocycles. The predicted octanol–water partition coefficient (Wildman–Crippen LogP) is 2.36. The van der Waals surface area contributed by atoms with E-state index < -0.39 is 49.8 Å². The van der Waals surface area contributed by atoms with Crippen LogP contribution in [0.3, 0.4) is 0 Å². The van der Waals surface area contributed by atoms with Crippen LogP contribution >= 0.6 is 11.6 Å². The fourth-order valence-corrected chi connectivity index (χ4v) is 3.68. The Kier molecular flexibility index (Phi) is 7.62. The largest absolute Gasteiger partial charge is 0.452 e. The van der Waals surface area contributed by atoms with Gasteiger partial charge in [-0.25, -0.2) is 13.2 Å². The second kappa shape index (κ2) is 9.78. The number of benzene rings is 2. The maximum absolute atomic E-state index is 13.3. The highest BCUT2D eigenvalue weighted by Crippen LogP contribution is 2.26. The molecular weight excluding hydrogens is 461 g/mol. The van der Waals surface area contributed by atoms with Gasteiger partial charge in [-0.2, -0.15) is 4.39 Å². The van der Waals surface area contributed by atoms with Gasteiger partial charge < -0.3 is 10.1 Å². The van der Waals surface area contributed by atoms with E-state index in [1.807, 2.05) is 0 Å². The highest BCUT2D eigenvalue weighted by molar-refractivity contribution is 7.89. The summed E-state index contributed by atoms with van der Waals surface area (Å²) in [5.74, 6) is -2.98. The van der Waals surface area contributed by atoms with Gasteiger partial charge in [-0.1, -0.05) is 16.1 Å². The average Bonchev–Trinajstić information content (AvgIpc) is 2.72. The Labute approximate surface area is 180 Å². The summed E-state index contributed by atoms with van der Waals surface area (Å²) in [4.78, 5) is 38.1. The van der Waals surface area contributed by atoms with Crippen molar-refractivity contribution in [2.75, 3.05) is 26.1 Å². The van der Waals surface area contributed by atoms with E-state index in [-0.39, 0.29) is 16.3 Å². The molecule has 0 saturated heterocycles. The topological polar surface area (TPSA) is 145 Å². The van der Waals surface area contributed by atoms with Gasteiger partial charge >= 0.3 is 11.7 Å². The molecule has 0 saturated carbocycles. The molecule has 0 aliphatic rings. The summed E-state index contributed by atoms with van der Waals surface area (Å²) in [6.45, 7) is -0.799. The minimum absolute atomic E-state index is 0.0865. The maximum atomic E-state index is 13.3. The number of carbonyl (C=O) groups excluding carboxylic acids is 2. The van der Waals surface area contributed by atoms with Gasteiger partial charge in [0.05, 0.1) is 22.6 Å². The van der Waals surface area contributed by atoms with Crippen molar-refractivity contribution in [1.29, 1.82) is 0 Å². The minimum Gasteiger partial charge on any atom is -0.452 e. The van der Waals surface area contributed by atoms with Crippen molar-refractivity contribution in [3.05, 3.63) is 62.9 Å². The molecule has 14 heteroatoms. The lowest BCUT2D eigenvalue weighted by Gasteiger charge is -2.15. The molecule has 0 unspecified atom stereocenters. The summed E-state index contributed by atoms with van der Waals surface area (Å²) in [5, 5.41) is 12.8. The number of hydroxylamine groups is 1. The number of nitro benzene ring substituents is 1. The molecule has 2 rings (SSSR count). The number of halogens is 2. The average molecular weight is 476 g/mol. The molecule has 2 aromatic rings. The number of nitro groups is 1. The summed E-state index contributed by atoms with van der Waals surface area (Å²) in [5.41, 5.74) is -1.14. The van der Waals surface area contributed by atoms with Crippen molar-refractivity contribution in [2.24, 2.45) is 0 Å². The number of carbonyl (C=O) groups is 2. The van der Waals surface area contributed by atoms with Crippen LogP contribution in [0.25, 0.3) is 0 Å². The standard InChI is InChI=1S/C17H15ClFN3O8S/c1-21(29-2)31(27,28)15-7-10(3-5-12(15)18)17(24)30-9-16(23)20-11-4-6-13(19)14(8-11)22(25)26/h3-8H,9H2,1-2H3,(H,20,23). The zero-order valence-electron chi connectivity index (χ0n) is 16.0. The van der Waals surface area contributed by atoms with Crippen LogP contribution in [0.4, 0.5) is 15.8 Å². The molecule has 31 heavy (non-hydrogen) atoms. The van der Waals surface area contributed by atoms with E-state index in [4.69, 9.17) is 16.3 Å². The first kappa shape index (κ1) is 24.1. The van der Waals surface area contributed by atoms with Crippen LogP contribution in [0.1, 0.15) is 10.4 Å². The molecule has 0 spiro atoms. The van der Waals surface area contributed by atoms with E-state index in [1.54, 1.807) is 0 Å². The molecule has 2 aromatic carbocycles. The van der Waals surface area contributed by atoms with Gasteiger partial charge in [0.1, 0.15) is 4.90 Å². The van der Waals surface area contributed by atoms with Crippen LogP contribution < -0.4 is 5.32 Å². The van der Waals surface area contributed by atoms with Crippen LogP contribution in [0.2, 0.25) is 5.02 Å². The van der Waals surface area contributed by atoms with Gasteiger partial charge in [0, 0.05) is 18.8 Å². The van der Waals surface area contributed by atoms with Crippen molar-refractivity contribution >= 4 is 44.9 Å². The van der Waals surface area contributed by atoms with Gasteiger partial charge in [-0.15, -0.1) is 0 Å². The Balaban J connectivity index is 2.09. The molecule has 0 atom stereocenters. The number of nitrogens with one attached hydrogen (secondary N) is 1. The molecule has 166 valence electrons. The van der Waals surface area contributed by atoms with E-state index in [2.05, 4.69) is 10.2 Å². The van der Waals surface area contributed by atoms with Gasteiger partial charge in [-0.3, -0.25) is 19.7 Å². The van der Waals surface area contributed by atoms with Gasteiger partial charge in [0.15, 0.2) is 6.61 Å². The first-order valence-corrected chi connectivity index (χ1v) is 10.0. The van der Waals surface area contributed by atoms with Crippen LogP contribution in [-0.4, -0.2) is 50.5 Å². The number of rotatable bonds is 8. The molecule has 0 radical (unpaired) electrons. The highest BCUT2D eigenvalue weighted by atomic mass is 35.5. The molecular formula is C17H15ClFN3O8S. The van der Waals surface area contributed by atoms with Crippen molar-refractivity contribution < 1.29 is 36.9 Å². The smallest absolute Gasteiger partial charge is 0.338 e. The number of anilines is 1. The van der Waals surface area contributed by atoms with E-state index >= 15 is 0 Å². The molecule has 0 aromatic heterocycles. The minimum atomic E-state index is -4.16. The molecule has 0 aliphatic carbocycles. The van der Waals surface area contributed by atoms with Crippen LogP contribution in [0.5, 0.6) is 0 Å². The Morgan fingerprint density at radius 3 is 2.55 bits per heavy atom. The lowest BCUT2D eigenvalue weighted by molar-refractivity contribution is -0.387. The fourth-order valence-electron chi connectivity index (χ4n) is 2.21. The van der Waals surface area contributed by atoms with Crippen molar-refractivity contribution in [1.82, 2.24) is 4.47 Å². The van der Waals surface area contributed by atoms with E-state index in [1.165, 1.54) is 6.07 Å². The fraction of sp³-hybridized carbons (Fsp3) is 0.176. The molecule has 1 N–H and O–H groups in total. The highest BCUT2D eigenvalue weighted by Gasteiger charge is 2.25. The lowest BCUT2D eigenvalue weighted by atomic mass is 10.2.